The molecule has 5 nitrogen and oxygen atoms in total. The van der Waals surface area contributed by atoms with E-state index in [1.165, 1.54) is 12.0 Å². The molecular weight excluding hydrogens is 300 g/mol. The molecule has 0 bridgehead atoms. The molecule has 24 heavy (non-hydrogen) atoms. The average Bonchev–Trinajstić information content (AvgIpc) is 3.01. The summed E-state index contributed by atoms with van der Waals surface area (Å²) in [4.78, 5) is 26.0. The average molecular weight is 322 g/mol. The Balaban J connectivity index is 1.68. The SMILES string of the molecule is CC1CCCN(C(=O)C2Cc3ccccc3N2c2cnccn2)C1. The minimum Gasteiger partial charge on any atom is -0.341 e. The van der Waals surface area contributed by atoms with Crippen LogP contribution in [0.25, 0.3) is 0 Å². The predicted molar refractivity (Wildman–Crippen MR) is 93.1 cm³/mol. The van der Waals surface area contributed by atoms with E-state index in [9.17, 15) is 4.79 Å². The Morgan fingerprint density at radius 2 is 2.12 bits per heavy atom. The minimum absolute atomic E-state index is 0.211. The lowest BCUT2D eigenvalue weighted by Crippen LogP contribution is -2.49. The summed E-state index contributed by atoms with van der Waals surface area (Å²) in [6, 6.07) is 7.99. The van der Waals surface area contributed by atoms with Gasteiger partial charge in [-0.1, -0.05) is 25.1 Å². The third-order valence-corrected chi connectivity index (χ3v) is 5.03. The lowest BCUT2D eigenvalue weighted by atomic mass is 9.99. The molecule has 2 aliphatic rings. The quantitative estimate of drug-likeness (QED) is 0.853. The molecule has 0 radical (unpaired) electrons. The summed E-state index contributed by atoms with van der Waals surface area (Å²) < 4.78 is 0. The second-order valence-electron chi connectivity index (χ2n) is 6.81. The first-order chi connectivity index (χ1) is 11.7. The third-order valence-electron chi connectivity index (χ3n) is 5.03. The van der Waals surface area contributed by atoms with Crippen LogP contribution in [0.3, 0.4) is 0 Å². The van der Waals surface area contributed by atoms with Crippen molar-refractivity contribution in [2.75, 3.05) is 18.0 Å². The summed E-state index contributed by atoms with van der Waals surface area (Å²) in [6.45, 7) is 3.95. The first kappa shape index (κ1) is 15.1. The number of carbonyl (C=O) groups excluding carboxylic acids is 1. The van der Waals surface area contributed by atoms with Crippen molar-refractivity contribution in [1.82, 2.24) is 14.9 Å². The molecule has 1 fully saturated rings. The molecule has 2 unspecified atom stereocenters. The van der Waals surface area contributed by atoms with E-state index in [1.807, 2.05) is 17.0 Å². The molecule has 124 valence electrons. The summed E-state index contributed by atoms with van der Waals surface area (Å²) in [5.74, 6) is 1.53. The minimum atomic E-state index is -0.218. The van der Waals surface area contributed by atoms with Gasteiger partial charge in [-0.05, 0) is 30.4 Å². The van der Waals surface area contributed by atoms with E-state index in [4.69, 9.17) is 0 Å². The number of hydrogen-bond acceptors (Lipinski definition) is 4. The molecule has 2 aromatic rings. The van der Waals surface area contributed by atoms with Gasteiger partial charge in [0.05, 0.1) is 6.20 Å². The summed E-state index contributed by atoms with van der Waals surface area (Å²) in [7, 11) is 0. The first-order valence-corrected chi connectivity index (χ1v) is 8.66. The number of aromatic nitrogens is 2. The normalized spacial score (nSPS) is 23.2. The van der Waals surface area contributed by atoms with Crippen LogP contribution in [0.1, 0.15) is 25.3 Å². The van der Waals surface area contributed by atoms with Gasteiger partial charge >= 0.3 is 0 Å². The second kappa shape index (κ2) is 6.23. The maximum absolute atomic E-state index is 13.2. The number of fused-ring (bicyclic) bond motifs is 1. The maximum atomic E-state index is 13.2. The Morgan fingerprint density at radius 3 is 2.92 bits per heavy atom. The number of carbonyl (C=O) groups is 1. The van der Waals surface area contributed by atoms with E-state index in [1.54, 1.807) is 18.6 Å². The van der Waals surface area contributed by atoms with Crippen LogP contribution in [0.5, 0.6) is 0 Å². The molecule has 0 aliphatic carbocycles. The Kier molecular flexibility index (Phi) is 3.92. The smallest absolute Gasteiger partial charge is 0.246 e. The Labute approximate surface area is 142 Å². The number of amides is 1. The molecule has 0 spiro atoms. The highest BCUT2D eigenvalue weighted by atomic mass is 16.2. The van der Waals surface area contributed by atoms with Crippen molar-refractivity contribution in [3.63, 3.8) is 0 Å². The van der Waals surface area contributed by atoms with Crippen LogP contribution in [0.15, 0.2) is 42.9 Å². The third kappa shape index (κ3) is 2.64. The van der Waals surface area contributed by atoms with Crippen molar-refractivity contribution < 1.29 is 4.79 Å². The van der Waals surface area contributed by atoms with E-state index in [0.29, 0.717) is 5.92 Å². The van der Waals surface area contributed by atoms with Crippen molar-refractivity contribution in [2.45, 2.75) is 32.2 Å². The van der Waals surface area contributed by atoms with Crippen LogP contribution in [0, 0.1) is 5.92 Å². The lowest BCUT2D eigenvalue weighted by Gasteiger charge is -2.35. The fourth-order valence-corrected chi connectivity index (χ4v) is 3.88. The Hall–Kier alpha value is -2.43. The molecule has 1 amide bonds. The van der Waals surface area contributed by atoms with E-state index >= 15 is 0 Å². The number of piperidine rings is 1. The van der Waals surface area contributed by atoms with Crippen LogP contribution in [-0.4, -0.2) is 39.9 Å². The molecule has 1 aromatic carbocycles. The molecule has 5 heteroatoms. The van der Waals surface area contributed by atoms with E-state index in [-0.39, 0.29) is 11.9 Å². The highest BCUT2D eigenvalue weighted by Gasteiger charge is 2.39. The van der Waals surface area contributed by atoms with Gasteiger partial charge in [0.1, 0.15) is 6.04 Å². The molecule has 4 rings (SSSR count). The van der Waals surface area contributed by atoms with Gasteiger partial charge in [0.25, 0.3) is 0 Å². The summed E-state index contributed by atoms with van der Waals surface area (Å²) in [5, 5.41) is 0. The summed E-state index contributed by atoms with van der Waals surface area (Å²) in [5.41, 5.74) is 2.27. The number of benzene rings is 1. The van der Waals surface area contributed by atoms with Crippen molar-refractivity contribution >= 4 is 17.4 Å². The van der Waals surface area contributed by atoms with E-state index in [2.05, 4.69) is 33.9 Å². The van der Waals surface area contributed by atoms with Gasteiger partial charge < -0.3 is 9.80 Å². The van der Waals surface area contributed by atoms with Gasteiger partial charge in [-0.25, -0.2) is 4.98 Å². The molecule has 0 saturated carbocycles. The van der Waals surface area contributed by atoms with Gasteiger partial charge in [-0.15, -0.1) is 0 Å². The number of hydrogen-bond donors (Lipinski definition) is 0. The standard InChI is InChI=1S/C19H22N4O/c1-14-5-4-10-22(13-14)19(24)17-11-15-6-2-3-7-16(15)23(17)18-12-20-8-9-21-18/h2-3,6-9,12,14,17H,4-5,10-11,13H2,1H3. The van der Waals surface area contributed by atoms with Gasteiger partial charge in [0, 0.05) is 37.6 Å². The van der Waals surface area contributed by atoms with Gasteiger partial charge in [0.2, 0.25) is 5.91 Å². The topological polar surface area (TPSA) is 49.3 Å². The number of anilines is 2. The number of likely N-dealkylation sites (tertiary alicyclic amines) is 1. The molecule has 3 heterocycles. The maximum Gasteiger partial charge on any atom is 0.246 e. The van der Waals surface area contributed by atoms with Crippen LogP contribution in [-0.2, 0) is 11.2 Å². The van der Waals surface area contributed by atoms with Crippen LogP contribution in [0.4, 0.5) is 11.5 Å². The number of rotatable bonds is 2. The predicted octanol–water partition coefficient (Wildman–Crippen LogP) is 2.80. The highest BCUT2D eigenvalue weighted by Crippen LogP contribution is 2.38. The highest BCUT2D eigenvalue weighted by molar-refractivity contribution is 5.91. The second-order valence-corrected chi connectivity index (χ2v) is 6.81. The van der Waals surface area contributed by atoms with Crippen LogP contribution in [0.2, 0.25) is 0 Å². The molecule has 0 N–H and O–H groups in total. The fourth-order valence-electron chi connectivity index (χ4n) is 3.88. The van der Waals surface area contributed by atoms with Gasteiger partial charge in [-0.3, -0.25) is 9.78 Å². The monoisotopic (exact) mass is 322 g/mol. The molecule has 2 atom stereocenters. The largest absolute Gasteiger partial charge is 0.341 e. The van der Waals surface area contributed by atoms with Gasteiger partial charge in [-0.2, -0.15) is 0 Å². The van der Waals surface area contributed by atoms with Crippen molar-refractivity contribution in [1.29, 1.82) is 0 Å². The first-order valence-electron chi connectivity index (χ1n) is 8.66. The fraction of sp³-hybridized carbons (Fsp3) is 0.421. The zero-order chi connectivity index (χ0) is 16.5. The van der Waals surface area contributed by atoms with E-state index < -0.39 is 0 Å². The van der Waals surface area contributed by atoms with E-state index in [0.717, 1.165) is 37.4 Å². The molecule has 1 saturated heterocycles. The van der Waals surface area contributed by atoms with Crippen molar-refractivity contribution in [2.24, 2.45) is 5.92 Å². The zero-order valence-electron chi connectivity index (χ0n) is 13.9. The summed E-state index contributed by atoms with van der Waals surface area (Å²) >= 11 is 0. The lowest BCUT2D eigenvalue weighted by molar-refractivity contribution is -0.134. The summed E-state index contributed by atoms with van der Waals surface area (Å²) in [6.07, 6.45) is 8.12. The Morgan fingerprint density at radius 1 is 1.25 bits per heavy atom. The molecular formula is C19H22N4O. The molecule has 2 aliphatic heterocycles. The zero-order valence-corrected chi connectivity index (χ0v) is 13.9. The number of para-hydroxylation sites is 1. The van der Waals surface area contributed by atoms with Crippen LogP contribution >= 0.6 is 0 Å². The van der Waals surface area contributed by atoms with Crippen molar-refractivity contribution in [3.05, 3.63) is 48.4 Å². The van der Waals surface area contributed by atoms with Crippen LogP contribution < -0.4 is 4.90 Å². The van der Waals surface area contributed by atoms with Crippen molar-refractivity contribution in [3.8, 4) is 0 Å². The van der Waals surface area contributed by atoms with Gasteiger partial charge in [0.15, 0.2) is 5.82 Å². The number of nitrogens with zero attached hydrogens (tertiary/aromatic N) is 4. The Bertz CT molecular complexity index is 733. The molecule has 1 aromatic heterocycles.